The number of amides is 3. The van der Waals surface area contributed by atoms with E-state index in [9.17, 15) is 9.59 Å². The average molecular weight is 304 g/mol. The van der Waals surface area contributed by atoms with Crippen molar-refractivity contribution in [2.45, 2.75) is 32.2 Å². The number of rotatable bonds is 8. The summed E-state index contributed by atoms with van der Waals surface area (Å²) in [7, 11) is 0. The smallest absolute Gasteiger partial charge is 0.319 e. The van der Waals surface area contributed by atoms with E-state index < -0.39 is 0 Å². The zero-order chi connectivity index (χ0) is 15.8. The second-order valence-corrected chi connectivity index (χ2v) is 5.46. The Hall–Kier alpha value is -2.08. The summed E-state index contributed by atoms with van der Waals surface area (Å²) in [6.45, 7) is 4.38. The lowest BCUT2D eigenvalue weighted by molar-refractivity contribution is 0.0954. The van der Waals surface area contributed by atoms with E-state index in [1.54, 1.807) is 24.3 Å². The minimum Gasteiger partial charge on any atom is -0.351 e. The summed E-state index contributed by atoms with van der Waals surface area (Å²) in [5, 5.41) is 11.7. The lowest BCUT2D eigenvalue weighted by Crippen LogP contribution is -2.32. The molecule has 6 heteroatoms. The Kier molecular flexibility index (Phi) is 6.21. The fourth-order valence-electron chi connectivity index (χ4n) is 1.99. The predicted octanol–water partition coefficient (Wildman–Crippen LogP) is 1.70. The van der Waals surface area contributed by atoms with Gasteiger partial charge in [0.05, 0.1) is 0 Å². The number of anilines is 1. The zero-order valence-corrected chi connectivity index (χ0v) is 12.9. The molecule has 1 aromatic carbocycles. The van der Waals surface area contributed by atoms with Crippen LogP contribution in [0.5, 0.6) is 0 Å². The third-order valence-electron chi connectivity index (χ3n) is 3.31. The van der Waals surface area contributed by atoms with E-state index in [-0.39, 0.29) is 11.9 Å². The molecule has 0 aromatic heterocycles. The lowest BCUT2D eigenvalue weighted by atomic mass is 10.2. The molecule has 0 atom stereocenters. The first-order valence-corrected chi connectivity index (χ1v) is 7.85. The van der Waals surface area contributed by atoms with Crippen molar-refractivity contribution < 1.29 is 9.59 Å². The molecule has 0 bridgehead atoms. The normalized spacial score (nSPS) is 13.5. The molecular weight excluding hydrogens is 280 g/mol. The molecule has 1 aliphatic rings. The summed E-state index contributed by atoms with van der Waals surface area (Å²) >= 11 is 0. The topological polar surface area (TPSA) is 82.3 Å². The van der Waals surface area contributed by atoms with Crippen LogP contribution in [-0.2, 0) is 0 Å². The molecular formula is C16H24N4O2. The van der Waals surface area contributed by atoms with Gasteiger partial charge in [0, 0.05) is 30.4 Å². The van der Waals surface area contributed by atoms with Gasteiger partial charge in [0.25, 0.3) is 5.91 Å². The number of hydrogen-bond donors (Lipinski definition) is 4. The Morgan fingerprint density at radius 3 is 2.73 bits per heavy atom. The first-order chi connectivity index (χ1) is 10.7. The average Bonchev–Trinajstić information content (AvgIpc) is 3.31. The number of nitrogens with one attached hydrogen (secondary N) is 4. The van der Waals surface area contributed by atoms with Crippen molar-refractivity contribution in [2.24, 2.45) is 0 Å². The predicted molar refractivity (Wildman–Crippen MR) is 87.1 cm³/mol. The van der Waals surface area contributed by atoms with Gasteiger partial charge < -0.3 is 21.3 Å². The van der Waals surface area contributed by atoms with E-state index in [0.717, 1.165) is 32.4 Å². The maximum Gasteiger partial charge on any atom is 0.319 e. The van der Waals surface area contributed by atoms with Gasteiger partial charge in [-0.15, -0.1) is 0 Å². The fourth-order valence-corrected chi connectivity index (χ4v) is 1.99. The van der Waals surface area contributed by atoms with E-state index in [4.69, 9.17) is 0 Å². The second-order valence-electron chi connectivity index (χ2n) is 5.46. The van der Waals surface area contributed by atoms with Crippen molar-refractivity contribution in [3.05, 3.63) is 29.8 Å². The van der Waals surface area contributed by atoms with E-state index in [1.807, 2.05) is 0 Å². The van der Waals surface area contributed by atoms with Gasteiger partial charge in [0.15, 0.2) is 0 Å². The standard InChI is InChI=1S/C16H24N4O2/c1-2-8-17-9-10-18-15(21)12-4-3-5-14(11-12)20-16(22)19-13-6-7-13/h3-5,11,13,17H,2,6-10H2,1H3,(H,18,21)(H2,19,20,22). The first kappa shape index (κ1) is 16.3. The van der Waals surface area contributed by atoms with Crippen molar-refractivity contribution in [3.8, 4) is 0 Å². The molecule has 0 aliphatic heterocycles. The highest BCUT2D eigenvalue weighted by molar-refractivity contribution is 5.96. The molecule has 0 spiro atoms. The molecule has 0 saturated heterocycles. The number of carbonyl (C=O) groups excluding carboxylic acids is 2. The van der Waals surface area contributed by atoms with Gasteiger partial charge >= 0.3 is 6.03 Å². The maximum atomic E-state index is 12.0. The van der Waals surface area contributed by atoms with Crippen molar-refractivity contribution in [3.63, 3.8) is 0 Å². The molecule has 6 nitrogen and oxygen atoms in total. The lowest BCUT2D eigenvalue weighted by Gasteiger charge is -2.09. The molecule has 2 rings (SSSR count). The summed E-state index contributed by atoms with van der Waals surface area (Å²) in [6, 6.07) is 7.04. The van der Waals surface area contributed by atoms with Crippen LogP contribution in [0.4, 0.5) is 10.5 Å². The van der Waals surface area contributed by atoms with Crippen molar-refractivity contribution >= 4 is 17.6 Å². The highest BCUT2D eigenvalue weighted by atomic mass is 16.2. The number of hydrogen-bond acceptors (Lipinski definition) is 3. The van der Waals surface area contributed by atoms with Crippen LogP contribution < -0.4 is 21.3 Å². The molecule has 0 heterocycles. The molecule has 1 saturated carbocycles. The Morgan fingerprint density at radius 1 is 1.18 bits per heavy atom. The van der Waals surface area contributed by atoms with Gasteiger partial charge in [-0.2, -0.15) is 0 Å². The van der Waals surface area contributed by atoms with Crippen LogP contribution in [0.15, 0.2) is 24.3 Å². The van der Waals surface area contributed by atoms with Gasteiger partial charge in [0.1, 0.15) is 0 Å². The largest absolute Gasteiger partial charge is 0.351 e. The Labute approximate surface area is 131 Å². The molecule has 0 unspecified atom stereocenters. The number of benzene rings is 1. The van der Waals surface area contributed by atoms with Gasteiger partial charge in [-0.05, 0) is 44.0 Å². The first-order valence-electron chi connectivity index (χ1n) is 7.85. The third kappa shape index (κ3) is 5.73. The third-order valence-corrected chi connectivity index (χ3v) is 3.31. The Morgan fingerprint density at radius 2 is 2.00 bits per heavy atom. The summed E-state index contributed by atoms with van der Waals surface area (Å²) in [4.78, 5) is 23.7. The molecule has 22 heavy (non-hydrogen) atoms. The highest BCUT2D eigenvalue weighted by Gasteiger charge is 2.23. The summed E-state index contributed by atoms with van der Waals surface area (Å²) in [5.41, 5.74) is 1.16. The number of urea groups is 1. The van der Waals surface area contributed by atoms with E-state index >= 15 is 0 Å². The Balaban J connectivity index is 1.79. The zero-order valence-electron chi connectivity index (χ0n) is 12.9. The monoisotopic (exact) mass is 304 g/mol. The van der Waals surface area contributed by atoms with E-state index in [0.29, 0.717) is 23.8 Å². The van der Waals surface area contributed by atoms with E-state index in [2.05, 4.69) is 28.2 Å². The van der Waals surface area contributed by atoms with Gasteiger partial charge in [-0.1, -0.05) is 13.0 Å². The van der Waals surface area contributed by atoms with Gasteiger partial charge in [-0.3, -0.25) is 4.79 Å². The van der Waals surface area contributed by atoms with Crippen LogP contribution in [-0.4, -0.2) is 37.6 Å². The Bertz CT molecular complexity index is 515. The van der Waals surface area contributed by atoms with Crippen molar-refractivity contribution in [1.82, 2.24) is 16.0 Å². The molecule has 1 fully saturated rings. The minimum atomic E-state index is -0.219. The summed E-state index contributed by atoms with van der Waals surface area (Å²) in [6.07, 6.45) is 3.16. The van der Waals surface area contributed by atoms with Crippen LogP contribution in [0, 0.1) is 0 Å². The molecule has 3 amide bonds. The SMILES string of the molecule is CCCNCCNC(=O)c1cccc(NC(=O)NC2CC2)c1. The summed E-state index contributed by atoms with van der Waals surface area (Å²) < 4.78 is 0. The van der Waals surface area contributed by atoms with Crippen molar-refractivity contribution in [1.29, 1.82) is 0 Å². The minimum absolute atomic E-state index is 0.135. The molecule has 4 N–H and O–H groups in total. The molecule has 1 aromatic rings. The fraction of sp³-hybridized carbons (Fsp3) is 0.500. The van der Waals surface area contributed by atoms with E-state index in [1.165, 1.54) is 0 Å². The number of carbonyl (C=O) groups is 2. The molecule has 0 radical (unpaired) electrons. The maximum absolute atomic E-state index is 12.0. The highest BCUT2D eigenvalue weighted by Crippen LogP contribution is 2.19. The van der Waals surface area contributed by atoms with Crippen LogP contribution in [0.1, 0.15) is 36.5 Å². The van der Waals surface area contributed by atoms with Crippen LogP contribution >= 0.6 is 0 Å². The van der Waals surface area contributed by atoms with Gasteiger partial charge in [0.2, 0.25) is 0 Å². The quantitative estimate of drug-likeness (QED) is 0.552. The molecule has 1 aliphatic carbocycles. The summed E-state index contributed by atoms with van der Waals surface area (Å²) in [5.74, 6) is -0.135. The molecule has 120 valence electrons. The van der Waals surface area contributed by atoms with Crippen LogP contribution in [0.3, 0.4) is 0 Å². The van der Waals surface area contributed by atoms with Crippen LogP contribution in [0.25, 0.3) is 0 Å². The van der Waals surface area contributed by atoms with Crippen LogP contribution in [0.2, 0.25) is 0 Å². The second kappa shape index (κ2) is 8.38. The van der Waals surface area contributed by atoms with Crippen molar-refractivity contribution in [2.75, 3.05) is 25.0 Å². The van der Waals surface area contributed by atoms with Gasteiger partial charge in [-0.25, -0.2) is 4.79 Å².